The maximum atomic E-state index is 13.7. The van der Waals surface area contributed by atoms with Crippen LogP contribution in [0.15, 0.2) is 17.0 Å². The number of sulfonamides is 1. The molecule has 4 nitrogen and oxygen atoms in total. The van der Waals surface area contributed by atoms with Crippen molar-refractivity contribution in [3.63, 3.8) is 0 Å². The molecule has 1 heterocycles. The van der Waals surface area contributed by atoms with Gasteiger partial charge in [0, 0.05) is 13.1 Å². The molecule has 1 aromatic rings. The van der Waals surface area contributed by atoms with Gasteiger partial charge in [-0.1, -0.05) is 0 Å². The summed E-state index contributed by atoms with van der Waals surface area (Å²) in [6.07, 6.45) is 1.90. The van der Waals surface area contributed by atoms with Gasteiger partial charge >= 0.3 is 0 Å². The Morgan fingerprint density at radius 1 is 1.32 bits per heavy atom. The summed E-state index contributed by atoms with van der Waals surface area (Å²) in [7, 11) is -1.66. The van der Waals surface area contributed by atoms with Crippen LogP contribution in [-0.2, 0) is 10.0 Å². The lowest BCUT2D eigenvalue weighted by molar-refractivity contribution is 0.263. The number of hydrogen-bond donors (Lipinski definition) is 1. The number of aryl methyl sites for hydroxylation is 2. The third kappa shape index (κ3) is 3.98. The van der Waals surface area contributed by atoms with Crippen molar-refractivity contribution >= 4 is 22.4 Å². The van der Waals surface area contributed by atoms with Crippen molar-refractivity contribution in [1.29, 1.82) is 0 Å². The summed E-state index contributed by atoms with van der Waals surface area (Å²) in [5.74, 6) is 0.00169. The Balaban J connectivity index is 0.00000242. The fourth-order valence-corrected chi connectivity index (χ4v) is 4.63. The summed E-state index contributed by atoms with van der Waals surface area (Å²) < 4.78 is 40.7. The zero-order valence-corrected chi connectivity index (χ0v) is 14.9. The highest BCUT2D eigenvalue weighted by Crippen LogP contribution is 2.26. The second-order valence-corrected chi connectivity index (χ2v) is 7.74. The lowest BCUT2D eigenvalue weighted by Gasteiger charge is -2.32. The van der Waals surface area contributed by atoms with Crippen molar-refractivity contribution in [3.05, 3.63) is 29.1 Å². The first kappa shape index (κ1) is 19.4. The van der Waals surface area contributed by atoms with E-state index in [1.165, 1.54) is 16.4 Å². The van der Waals surface area contributed by atoms with Crippen LogP contribution in [0.1, 0.15) is 24.0 Å². The van der Waals surface area contributed by atoms with Crippen LogP contribution in [0.4, 0.5) is 4.39 Å². The maximum Gasteiger partial charge on any atom is 0.243 e. The number of benzene rings is 1. The lowest BCUT2D eigenvalue weighted by atomic mass is 10.00. The molecule has 0 saturated carbocycles. The molecule has 2 rings (SSSR count). The van der Waals surface area contributed by atoms with Crippen molar-refractivity contribution in [3.8, 4) is 0 Å². The number of nitrogens with one attached hydrogen (secondary N) is 1. The first-order chi connectivity index (χ1) is 9.86. The van der Waals surface area contributed by atoms with Gasteiger partial charge in [0.05, 0.1) is 4.90 Å². The van der Waals surface area contributed by atoms with Gasteiger partial charge in [-0.3, -0.25) is 0 Å². The second-order valence-electron chi connectivity index (χ2n) is 5.80. The molecule has 1 fully saturated rings. The van der Waals surface area contributed by atoms with Crippen molar-refractivity contribution in [2.45, 2.75) is 31.6 Å². The lowest BCUT2D eigenvalue weighted by Crippen LogP contribution is -2.42. The summed E-state index contributed by atoms with van der Waals surface area (Å²) in [5, 5.41) is 3.10. The molecule has 1 unspecified atom stereocenters. The highest BCUT2D eigenvalue weighted by molar-refractivity contribution is 7.89. The zero-order chi connectivity index (χ0) is 15.6. The molecule has 1 aromatic carbocycles. The Kier molecular flexibility index (Phi) is 6.80. The predicted molar refractivity (Wildman–Crippen MR) is 88.5 cm³/mol. The normalized spacial score (nSPS) is 19.7. The van der Waals surface area contributed by atoms with Gasteiger partial charge in [0.1, 0.15) is 5.82 Å². The van der Waals surface area contributed by atoms with E-state index in [4.69, 9.17) is 0 Å². The fraction of sp³-hybridized carbons (Fsp3) is 0.600. The Bertz CT molecular complexity index is 597. The van der Waals surface area contributed by atoms with Crippen molar-refractivity contribution in [1.82, 2.24) is 9.62 Å². The third-order valence-electron chi connectivity index (χ3n) is 4.02. The fourth-order valence-electron chi connectivity index (χ4n) is 2.90. The molecule has 0 amide bonds. The van der Waals surface area contributed by atoms with E-state index in [2.05, 4.69) is 5.32 Å². The van der Waals surface area contributed by atoms with Crippen LogP contribution in [0.2, 0.25) is 0 Å². The van der Waals surface area contributed by atoms with E-state index < -0.39 is 10.0 Å². The topological polar surface area (TPSA) is 49.4 Å². The summed E-state index contributed by atoms with van der Waals surface area (Å²) in [5.41, 5.74) is 0.745. The minimum absolute atomic E-state index is 0. The van der Waals surface area contributed by atoms with Crippen LogP contribution >= 0.6 is 12.4 Å². The molecule has 1 saturated heterocycles. The molecule has 0 bridgehead atoms. The Hall–Kier alpha value is -0.690. The number of piperidine rings is 1. The molecule has 1 atom stereocenters. The summed E-state index contributed by atoms with van der Waals surface area (Å²) in [6.45, 7) is 5.08. The van der Waals surface area contributed by atoms with E-state index in [9.17, 15) is 12.8 Å². The molecule has 7 heteroatoms. The first-order valence-electron chi connectivity index (χ1n) is 7.27. The van der Waals surface area contributed by atoms with Crippen LogP contribution in [0.3, 0.4) is 0 Å². The molecule has 1 aliphatic heterocycles. The van der Waals surface area contributed by atoms with E-state index in [0.29, 0.717) is 30.1 Å². The van der Waals surface area contributed by atoms with Crippen molar-refractivity contribution in [2.75, 3.05) is 26.7 Å². The monoisotopic (exact) mass is 350 g/mol. The highest BCUT2D eigenvalue weighted by Gasteiger charge is 2.30. The van der Waals surface area contributed by atoms with Crippen LogP contribution in [0.5, 0.6) is 0 Å². The SMILES string of the molecule is CNCC1CCCN(S(=O)(=O)c2cc(C)c(F)c(C)c2)C1.Cl. The van der Waals surface area contributed by atoms with E-state index in [1.807, 2.05) is 7.05 Å². The molecule has 0 aromatic heterocycles. The molecule has 126 valence electrons. The maximum absolute atomic E-state index is 13.7. The Morgan fingerprint density at radius 2 is 1.91 bits per heavy atom. The number of nitrogens with zero attached hydrogens (tertiary/aromatic N) is 1. The Labute approximate surface area is 138 Å². The number of halogens is 2. The van der Waals surface area contributed by atoms with Gasteiger partial charge in [0.25, 0.3) is 0 Å². The molecule has 0 radical (unpaired) electrons. The minimum Gasteiger partial charge on any atom is -0.319 e. The number of hydrogen-bond acceptors (Lipinski definition) is 3. The zero-order valence-electron chi connectivity index (χ0n) is 13.2. The number of rotatable bonds is 4. The van der Waals surface area contributed by atoms with Crippen LogP contribution < -0.4 is 5.32 Å². The molecule has 1 N–H and O–H groups in total. The smallest absolute Gasteiger partial charge is 0.243 e. The van der Waals surface area contributed by atoms with Crippen LogP contribution in [0, 0.1) is 25.6 Å². The third-order valence-corrected chi connectivity index (χ3v) is 5.87. The average Bonchev–Trinajstić information content (AvgIpc) is 2.45. The quantitative estimate of drug-likeness (QED) is 0.907. The molecular weight excluding hydrogens is 327 g/mol. The van der Waals surface area contributed by atoms with Crippen LogP contribution in [0.25, 0.3) is 0 Å². The van der Waals surface area contributed by atoms with E-state index >= 15 is 0 Å². The molecular formula is C15H24ClFN2O2S. The van der Waals surface area contributed by atoms with Crippen LogP contribution in [-0.4, -0.2) is 39.4 Å². The second kappa shape index (κ2) is 7.73. The molecule has 1 aliphatic rings. The first-order valence-corrected chi connectivity index (χ1v) is 8.71. The van der Waals surface area contributed by atoms with Gasteiger partial charge in [0.15, 0.2) is 0 Å². The Morgan fingerprint density at radius 3 is 2.45 bits per heavy atom. The van der Waals surface area contributed by atoms with Gasteiger partial charge in [-0.2, -0.15) is 4.31 Å². The van der Waals surface area contributed by atoms with Gasteiger partial charge < -0.3 is 5.32 Å². The predicted octanol–water partition coefficient (Wildman–Crippen LogP) is 2.48. The van der Waals surface area contributed by atoms with Crippen molar-refractivity contribution < 1.29 is 12.8 Å². The summed E-state index contributed by atoms with van der Waals surface area (Å²) >= 11 is 0. The molecule has 0 spiro atoms. The van der Waals surface area contributed by atoms with Gasteiger partial charge in [-0.25, -0.2) is 12.8 Å². The van der Waals surface area contributed by atoms with Crippen molar-refractivity contribution in [2.24, 2.45) is 5.92 Å². The largest absolute Gasteiger partial charge is 0.319 e. The summed E-state index contributed by atoms with van der Waals surface area (Å²) in [6, 6.07) is 2.86. The standard InChI is InChI=1S/C15H23FN2O2S.ClH/c1-11-7-14(8-12(2)15(11)16)21(19,20)18-6-4-5-13(10-18)9-17-3;/h7-8,13,17H,4-6,9-10H2,1-3H3;1H. The summed E-state index contributed by atoms with van der Waals surface area (Å²) in [4.78, 5) is 0.198. The van der Waals surface area contributed by atoms with E-state index in [1.54, 1.807) is 13.8 Å². The highest BCUT2D eigenvalue weighted by atomic mass is 35.5. The van der Waals surface area contributed by atoms with Gasteiger partial charge in [0.2, 0.25) is 10.0 Å². The minimum atomic E-state index is -3.54. The van der Waals surface area contributed by atoms with Gasteiger partial charge in [-0.05, 0) is 69.5 Å². The average molecular weight is 351 g/mol. The van der Waals surface area contributed by atoms with E-state index in [-0.39, 0.29) is 23.1 Å². The molecule has 22 heavy (non-hydrogen) atoms. The van der Waals surface area contributed by atoms with Gasteiger partial charge in [-0.15, -0.1) is 12.4 Å². The van der Waals surface area contributed by atoms with E-state index in [0.717, 1.165) is 19.4 Å². The molecule has 0 aliphatic carbocycles.